The van der Waals surface area contributed by atoms with E-state index in [0.717, 1.165) is 45.4 Å². The summed E-state index contributed by atoms with van der Waals surface area (Å²) in [5.74, 6) is 1.33. The molecule has 6 rings (SSSR count). The molecule has 6 nitrogen and oxygen atoms in total. The van der Waals surface area contributed by atoms with Crippen molar-refractivity contribution in [2.24, 2.45) is 0 Å². The van der Waals surface area contributed by atoms with E-state index in [4.69, 9.17) is 18.6 Å². The Morgan fingerprint density at radius 2 is 1.95 bits per heavy atom. The highest BCUT2D eigenvalue weighted by atomic mass is 19.1. The molecule has 3 aromatic carbocycles. The average Bonchev–Trinajstić information content (AvgIpc) is 3.66. The van der Waals surface area contributed by atoms with Gasteiger partial charge in [-0.2, -0.15) is 0 Å². The summed E-state index contributed by atoms with van der Waals surface area (Å²) < 4.78 is 37.7. The Morgan fingerprint density at radius 1 is 1.13 bits per heavy atom. The number of hydrogen-bond acceptors (Lipinski definition) is 6. The average molecular weight is 514 g/mol. The van der Waals surface area contributed by atoms with Gasteiger partial charge in [0, 0.05) is 28.7 Å². The van der Waals surface area contributed by atoms with E-state index < -0.39 is 6.10 Å². The van der Waals surface area contributed by atoms with E-state index in [2.05, 4.69) is 31.0 Å². The molecule has 0 radical (unpaired) electrons. The van der Waals surface area contributed by atoms with Crippen molar-refractivity contribution < 1.29 is 27.8 Å². The van der Waals surface area contributed by atoms with Crippen LogP contribution in [0.2, 0.25) is 0 Å². The van der Waals surface area contributed by atoms with Crippen LogP contribution in [0, 0.1) is 19.7 Å². The molecule has 0 bridgehead atoms. The molecule has 1 aliphatic carbocycles. The fourth-order valence-corrected chi connectivity index (χ4v) is 5.85. The first-order chi connectivity index (χ1) is 18.4. The van der Waals surface area contributed by atoms with Gasteiger partial charge in [-0.05, 0) is 78.8 Å². The molecule has 194 valence electrons. The van der Waals surface area contributed by atoms with Crippen molar-refractivity contribution in [3.8, 4) is 34.1 Å². The van der Waals surface area contributed by atoms with Gasteiger partial charge in [0.1, 0.15) is 29.7 Å². The summed E-state index contributed by atoms with van der Waals surface area (Å²) in [6.45, 7) is 4.54. The maximum atomic E-state index is 15.2. The van der Waals surface area contributed by atoms with Gasteiger partial charge in [0.2, 0.25) is 5.89 Å². The van der Waals surface area contributed by atoms with E-state index >= 15 is 4.39 Å². The van der Waals surface area contributed by atoms with Crippen molar-refractivity contribution in [2.75, 3.05) is 13.7 Å². The molecule has 0 amide bonds. The minimum Gasteiger partial charge on any atom is -0.492 e. The Balaban J connectivity index is 1.29. The quantitative estimate of drug-likeness (QED) is 0.262. The Hall–Kier alpha value is -4.13. The molecule has 0 N–H and O–H groups in total. The molecule has 4 aromatic rings. The molecule has 1 aliphatic heterocycles. The second-order valence-corrected chi connectivity index (χ2v) is 9.94. The highest BCUT2D eigenvalue weighted by Crippen LogP contribution is 2.45. The van der Waals surface area contributed by atoms with E-state index in [0.29, 0.717) is 36.0 Å². The first kappa shape index (κ1) is 24.2. The van der Waals surface area contributed by atoms with E-state index in [1.807, 2.05) is 24.3 Å². The smallest absolute Gasteiger partial charge is 0.306 e. The zero-order valence-electron chi connectivity index (χ0n) is 21.5. The molecule has 2 heterocycles. The van der Waals surface area contributed by atoms with Crippen LogP contribution in [0.5, 0.6) is 11.5 Å². The maximum Gasteiger partial charge on any atom is 0.306 e. The molecule has 0 saturated carbocycles. The number of oxazole rings is 1. The number of ether oxygens (including phenoxy) is 3. The van der Waals surface area contributed by atoms with Gasteiger partial charge < -0.3 is 18.6 Å². The lowest BCUT2D eigenvalue weighted by Crippen LogP contribution is -2.09. The van der Waals surface area contributed by atoms with Gasteiger partial charge in [-0.1, -0.05) is 12.1 Å². The van der Waals surface area contributed by atoms with Crippen LogP contribution in [0.4, 0.5) is 4.39 Å². The topological polar surface area (TPSA) is 70.8 Å². The SMILES string of the molecule is COC(=O)CC1COc2cc(O[C@@H]3CCc4c(-c5c(C)cc(-c6ncco6)cc5C)ccc(F)c43)ccc21. The molecule has 1 unspecified atom stereocenters. The minimum atomic E-state index is -0.400. The van der Waals surface area contributed by atoms with Crippen molar-refractivity contribution in [1.82, 2.24) is 4.98 Å². The third-order valence-corrected chi connectivity index (χ3v) is 7.55. The van der Waals surface area contributed by atoms with Crippen molar-refractivity contribution in [2.45, 2.75) is 45.1 Å². The Labute approximate surface area is 220 Å². The number of carbonyl (C=O) groups is 1. The van der Waals surface area contributed by atoms with E-state index in [1.165, 1.54) is 7.11 Å². The Bertz CT molecular complexity index is 1500. The summed E-state index contributed by atoms with van der Waals surface area (Å²) in [5, 5.41) is 0. The molecule has 0 spiro atoms. The molecular weight excluding hydrogens is 485 g/mol. The molecule has 2 aliphatic rings. The number of methoxy groups -OCH3 is 1. The number of hydrogen-bond donors (Lipinski definition) is 0. The summed E-state index contributed by atoms with van der Waals surface area (Å²) in [6.07, 6.45) is 4.46. The van der Waals surface area contributed by atoms with Crippen LogP contribution in [0.3, 0.4) is 0 Å². The molecule has 38 heavy (non-hydrogen) atoms. The third kappa shape index (κ3) is 4.22. The van der Waals surface area contributed by atoms with Crippen LogP contribution >= 0.6 is 0 Å². The molecule has 1 aromatic heterocycles. The minimum absolute atomic E-state index is 0.0415. The second-order valence-electron chi connectivity index (χ2n) is 9.94. The second kappa shape index (κ2) is 9.63. The predicted molar refractivity (Wildman–Crippen MR) is 140 cm³/mol. The fraction of sp³-hybridized carbons (Fsp3) is 0.290. The number of rotatable bonds is 6. The number of carbonyl (C=O) groups excluding carboxylic acids is 1. The van der Waals surface area contributed by atoms with Crippen LogP contribution in [0.25, 0.3) is 22.6 Å². The van der Waals surface area contributed by atoms with Gasteiger partial charge in [-0.3, -0.25) is 4.79 Å². The Kier molecular flexibility index (Phi) is 6.14. The van der Waals surface area contributed by atoms with Gasteiger partial charge in [-0.25, -0.2) is 9.37 Å². The van der Waals surface area contributed by atoms with Gasteiger partial charge in [-0.15, -0.1) is 0 Å². The van der Waals surface area contributed by atoms with Gasteiger partial charge in [0.15, 0.2) is 0 Å². The summed E-state index contributed by atoms with van der Waals surface area (Å²) >= 11 is 0. The highest BCUT2D eigenvalue weighted by molar-refractivity contribution is 5.78. The Morgan fingerprint density at radius 3 is 2.68 bits per heavy atom. The molecular formula is C31H28FNO5. The molecule has 0 saturated heterocycles. The lowest BCUT2D eigenvalue weighted by molar-refractivity contribution is -0.141. The van der Waals surface area contributed by atoms with Crippen LogP contribution in [-0.2, 0) is 16.0 Å². The van der Waals surface area contributed by atoms with Gasteiger partial charge >= 0.3 is 5.97 Å². The summed E-state index contributed by atoms with van der Waals surface area (Å²) in [4.78, 5) is 16.0. The lowest BCUT2D eigenvalue weighted by Gasteiger charge is -2.19. The molecule has 0 fully saturated rings. The standard InChI is InChI=1S/C31H28FNO5/c1-17-12-19(31-33-10-11-36-31)13-18(2)29(17)23-6-8-25(32)30-24(23)7-9-26(30)38-21-4-5-22-20(14-28(34)35-3)16-37-27(22)15-21/h4-6,8,10-13,15,20,26H,7,9,14,16H2,1-3H3/t20?,26-/m1/s1. The summed E-state index contributed by atoms with van der Waals surface area (Å²) in [6, 6.07) is 13.2. The number of esters is 1. The van der Waals surface area contributed by atoms with Crippen LogP contribution < -0.4 is 9.47 Å². The summed E-state index contributed by atoms with van der Waals surface area (Å²) in [7, 11) is 1.38. The monoisotopic (exact) mass is 513 g/mol. The number of aryl methyl sites for hydroxylation is 2. The summed E-state index contributed by atoms with van der Waals surface area (Å²) in [5.41, 5.74) is 7.76. The van der Waals surface area contributed by atoms with Crippen LogP contribution in [0.15, 0.2) is 59.3 Å². The molecule has 2 atom stereocenters. The fourth-order valence-electron chi connectivity index (χ4n) is 5.85. The number of benzene rings is 3. The number of halogens is 1. The van der Waals surface area contributed by atoms with Crippen molar-refractivity contribution in [3.05, 3.63) is 88.6 Å². The van der Waals surface area contributed by atoms with Crippen LogP contribution in [-0.4, -0.2) is 24.7 Å². The normalized spacial score (nSPS) is 17.6. The van der Waals surface area contributed by atoms with Gasteiger partial charge in [0.25, 0.3) is 0 Å². The molecule has 7 heteroatoms. The zero-order chi connectivity index (χ0) is 26.4. The van der Waals surface area contributed by atoms with Crippen LogP contribution in [0.1, 0.15) is 52.7 Å². The zero-order valence-corrected chi connectivity index (χ0v) is 21.5. The predicted octanol–water partition coefficient (Wildman–Crippen LogP) is 6.87. The number of nitrogens with zero attached hydrogens (tertiary/aromatic N) is 1. The van der Waals surface area contributed by atoms with E-state index in [9.17, 15) is 4.79 Å². The third-order valence-electron chi connectivity index (χ3n) is 7.55. The number of fused-ring (bicyclic) bond motifs is 2. The van der Waals surface area contributed by atoms with Crippen molar-refractivity contribution >= 4 is 5.97 Å². The first-order valence-electron chi connectivity index (χ1n) is 12.8. The van der Waals surface area contributed by atoms with Crippen molar-refractivity contribution in [1.29, 1.82) is 0 Å². The largest absolute Gasteiger partial charge is 0.492 e. The maximum absolute atomic E-state index is 15.2. The van der Waals surface area contributed by atoms with Crippen molar-refractivity contribution in [3.63, 3.8) is 0 Å². The van der Waals surface area contributed by atoms with E-state index in [1.54, 1.807) is 18.5 Å². The first-order valence-corrected chi connectivity index (χ1v) is 12.8. The lowest BCUT2D eigenvalue weighted by atomic mass is 9.89. The highest BCUT2D eigenvalue weighted by Gasteiger charge is 2.32. The number of aromatic nitrogens is 1. The van der Waals surface area contributed by atoms with Gasteiger partial charge in [0.05, 0.1) is 26.3 Å². The van der Waals surface area contributed by atoms with E-state index in [-0.39, 0.29) is 24.1 Å².